The summed E-state index contributed by atoms with van der Waals surface area (Å²) in [6, 6.07) is 21.4. The van der Waals surface area contributed by atoms with E-state index in [1.807, 2.05) is 0 Å². The molecule has 0 saturated carbocycles. The van der Waals surface area contributed by atoms with Crippen LogP contribution in [0.5, 0.6) is 17.2 Å². The zero-order chi connectivity index (χ0) is 29.4. The van der Waals surface area contributed by atoms with Crippen LogP contribution in [-0.2, 0) is 20.2 Å². The molecular formula is C29H22Cl2N2O7S. The first-order valence-corrected chi connectivity index (χ1v) is 14.3. The number of rotatable bonds is 7. The summed E-state index contributed by atoms with van der Waals surface area (Å²) >= 11 is 13.2. The lowest BCUT2D eigenvalue weighted by molar-refractivity contribution is -0.120. The SMILES string of the molecule is COc1ccc(S(=O)(=O)c2c(Cl)ccc3c2C(NC(=O)Oc2ccccc2)(c2ccccc2Cl)C(=O)N3)c(OC)c1. The number of amides is 2. The molecule has 1 atom stereocenters. The molecule has 1 aliphatic rings. The highest BCUT2D eigenvalue weighted by atomic mass is 35.5. The van der Waals surface area contributed by atoms with Gasteiger partial charge in [-0.2, -0.15) is 0 Å². The smallest absolute Gasteiger partial charge is 0.414 e. The van der Waals surface area contributed by atoms with Crippen LogP contribution in [-0.4, -0.2) is 34.6 Å². The lowest BCUT2D eigenvalue weighted by Gasteiger charge is -2.31. The first kappa shape index (κ1) is 28.3. The molecule has 1 aliphatic heterocycles. The van der Waals surface area contributed by atoms with Crippen molar-refractivity contribution in [2.45, 2.75) is 15.3 Å². The molecule has 9 nitrogen and oxygen atoms in total. The van der Waals surface area contributed by atoms with Gasteiger partial charge in [0.2, 0.25) is 9.84 Å². The maximum atomic E-state index is 14.4. The standard InChI is InChI=1S/C29H22Cl2N2O7S/c1-38-18-12-15-24(23(16-18)39-2)41(36,37)26-21(31)13-14-22-25(26)29(27(34)32-22,19-10-6-7-11-20(19)30)33-28(35)40-17-8-4-3-5-9-17/h3-16H,1-2H3,(H,32,34)(H,33,35). The number of sulfone groups is 1. The van der Waals surface area contributed by atoms with Crippen LogP contribution < -0.4 is 24.8 Å². The van der Waals surface area contributed by atoms with E-state index in [0.717, 1.165) is 0 Å². The molecule has 210 valence electrons. The van der Waals surface area contributed by atoms with Crippen molar-refractivity contribution >= 4 is 50.7 Å². The molecule has 2 N–H and O–H groups in total. The summed E-state index contributed by atoms with van der Waals surface area (Å²) in [5.74, 6) is -0.237. The summed E-state index contributed by atoms with van der Waals surface area (Å²) < 4.78 is 44.7. The minimum atomic E-state index is -4.51. The summed E-state index contributed by atoms with van der Waals surface area (Å²) in [4.78, 5) is 26.6. The summed E-state index contributed by atoms with van der Waals surface area (Å²) in [7, 11) is -1.77. The second-order valence-corrected chi connectivity index (χ2v) is 11.5. The molecule has 5 rings (SSSR count). The third-order valence-electron chi connectivity index (χ3n) is 6.52. The van der Waals surface area contributed by atoms with Crippen LogP contribution in [0, 0.1) is 0 Å². The predicted octanol–water partition coefficient (Wildman–Crippen LogP) is 5.83. The summed E-state index contributed by atoms with van der Waals surface area (Å²) in [5.41, 5.74) is -2.09. The molecule has 12 heteroatoms. The van der Waals surface area contributed by atoms with Gasteiger partial charge < -0.3 is 19.5 Å². The maximum Gasteiger partial charge on any atom is 0.414 e. The van der Waals surface area contributed by atoms with Crippen molar-refractivity contribution < 1.29 is 32.2 Å². The van der Waals surface area contributed by atoms with Gasteiger partial charge in [0.15, 0.2) is 5.54 Å². The van der Waals surface area contributed by atoms with Gasteiger partial charge in [-0.15, -0.1) is 0 Å². The van der Waals surface area contributed by atoms with Crippen LogP contribution in [0.1, 0.15) is 11.1 Å². The zero-order valence-electron chi connectivity index (χ0n) is 21.6. The van der Waals surface area contributed by atoms with Gasteiger partial charge in [-0.25, -0.2) is 13.2 Å². The van der Waals surface area contributed by atoms with E-state index in [9.17, 15) is 18.0 Å². The Morgan fingerprint density at radius 1 is 0.854 bits per heavy atom. The highest BCUT2D eigenvalue weighted by Gasteiger charge is 2.54. The second kappa shape index (κ2) is 11.0. The van der Waals surface area contributed by atoms with Crippen LogP contribution in [0.2, 0.25) is 10.0 Å². The third kappa shape index (κ3) is 4.84. The van der Waals surface area contributed by atoms with Gasteiger partial charge in [-0.3, -0.25) is 10.1 Å². The van der Waals surface area contributed by atoms with E-state index in [1.165, 1.54) is 56.7 Å². The van der Waals surface area contributed by atoms with E-state index in [-0.39, 0.29) is 43.3 Å². The molecule has 4 aromatic rings. The molecule has 1 heterocycles. The highest BCUT2D eigenvalue weighted by molar-refractivity contribution is 7.91. The van der Waals surface area contributed by atoms with Crippen molar-refractivity contribution in [2.75, 3.05) is 19.5 Å². The number of methoxy groups -OCH3 is 2. The molecule has 1 unspecified atom stereocenters. The van der Waals surface area contributed by atoms with Crippen LogP contribution in [0.15, 0.2) is 94.7 Å². The number of para-hydroxylation sites is 1. The number of anilines is 1. The van der Waals surface area contributed by atoms with Gasteiger partial charge in [-0.1, -0.05) is 59.6 Å². The van der Waals surface area contributed by atoms with E-state index in [2.05, 4.69) is 10.6 Å². The Morgan fingerprint density at radius 3 is 2.24 bits per heavy atom. The van der Waals surface area contributed by atoms with Crippen LogP contribution in [0.3, 0.4) is 0 Å². The Balaban J connectivity index is 1.78. The Kier molecular flexibility index (Phi) is 7.56. The number of fused-ring (bicyclic) bond motifs is 1. The van der Waals surface area contributed by atoms with Gasteiger partial charge in [0.1, 0.15) is 22.1 Å². The molecule has 41 heavy (non-hydrogen) atoms. The zero-order valence-corrected chi connectivity index (χ0v) is 23.9. The molecule has 2 amide bonds. The van der Waals surface area contributed by atoms with Crippen molar-refractivity contribution in [2.24, 2.45) is 0 Å². The summed E-state index contributed by atoms with van der Waals surface area (Å²) in [6.45, 7) is 0. The van der Waals surface area contributed by atoms with Crippen LogP contribution >= 0.6 is 23.2 Å². The molecule has 0 saturated heterocycles. The fourth-order valence-electron chi connectivity index (χ4n) is 4.72. The average Bonchev–Trinajstić information content (AvgIpc) is 3.24. The van der Waals surface area contributed by atoms with E-state index in [1.54, 1.807) is 42.5 Å². The summed E-state index contributed by atoms with van der Waals surface area (Å²) in [5, 5.41) is 5.17. The Labute approximate surface area is 245 Å². The minimum absolute atomic E-state index is 0.0184. The summed E-state index contributed by atoms with van der Waals surface area (Å²) in [6.07, 6.45) is -1.04. The predicted molar refractivity (Wildman–Crippen MR) is 153 cm³/mol. The number of carbonyl (C=O) groups is 2. The van der Waals surface area contributed by atoms with Crippen molar-refractivity contribution in [3.05, 3.63) is 106 Å². The van der Waals surface area contributed by atoms with E-state index in [0.29, 0.717) is 5.75 Å². The van der Waals surface area contributed by atoms with Gasteiger partial charge in [0.05, 0.1) is 24.1 Å². The number of carbonyl (C=O) groups excluding carboxylic acids is 2. The third-order valence-corrected chi connectivity index (χ3v) is 9.16. The van der Waals surface area contributed by atoms with E-state index in [4.69, 9.17) is 37.4 Å². The normalized spacial score (nSPS) is 16.0. The van der Waals surface area contributed by atoms with Crippen molar-refractivity contribution in [1.82, 2.24) is 5.32 Å². The van der Waals surface area contributed by atoms with Gasteiger partial charge in [-0.05, 0) is 42.5 Å². The Hall–Kier alpha value is -4.25. The number of benzene rings is 4. The fourth-order valence-corrected chi connectivity index (χ4v) is 7.19. The minimum Gasteiger partial charge on any atom is -0.497 e. The number of nitrogens with one attached hydrogen (secondary N) is 2. The van der Waals surface area contributed by atoms with E-state index >= 15 is 0 Å². The van der Waals surface area contributed by atoms with Crippen molar-refractivity contribution in [3.63, 3.8) is 0 Å². The lowest BCUT2D eigenvalue weighted by Crippen LogP contribution is -2.53. The number of halogens is 2. The van der Waals surface area contributed by atoms with Crippen LogP contribution in [0.25, 0.3) is 0 Å². The Bertz CT molecular complexity index is 1780. The number of ether oxygens (including phenoxy) is 3. The highest BCUT2D eigenvalue weighted by Crippen LogP contribution is 2.50. The first-order chi connectivity index (χ1) is 19.6. The monoisotopic (exact) mass is 612 g/mol. The first-order valence-electron chi connectivity index (χ1n) is 12.0. The quantitative estimate of drug-likeness (QED) is 0.269. The fraction of sp³-hybridized carbons (Fsp3) is 0.103. The molecule has 0 spiro atoms. The van der Waals surface area contributed by atoms with Crippen LogP contribution in [0.4, 0.5) is 10.5 Å². The average molecular weight is 613 g/mol. The molecular weight excluding hydrogens is 591 g/mol. The molecule has 4 aromatic carbocycles. The molecule has 0 radical (unpaired) electrons. The van der Waals surface area contributed by atoms with Gasteiger partial charge in [0.25, 0.3) is 5.91 Å². The largest absolute Gasteiger partial charge is 0.497 e. The molecule has 0 aliphatic carbocycles. The Morgan fingerprint density at radius 2 is 1.56 bits per heavy atom. The van der Waals surface area contributed by atoms with Gasteiger partial charge >= 0.3 is 6.09 Å². The topological polar surface area (TPSA) is 120 Å². The van der Waals surface area contributed by atoms with E-state index < -0.39 is 32.3 Å². The van der Waals surface area contributed by atoms with Gasteiger partial charge in [0, 0.05) is 27.9 Å². The van der Waals surface area contributed by atoms with Crippen molar-refractivity contribution in [1.29, 1.82) is 0 Å². The molecule has 0 bridgehead atoms. The second-order valence-electron chi connectivity index (χ2n) is 8.83. The van der Waals surface area contributed by atoms with Crippen molar-refractivity contribution in [3.8, 4) is 17.2 Å². The maximum absolute atomic E-state index is 14.4. The lowest BCUT2D eigenvalue weighted by atomic mass is 9.83. The number of hydrogen-bond donors (Lipinski definition) is 2. The molecule has 0 aromatic heterocycles. The molecule has 0 fully saturated rings. The number of hydrogen-bond acceptors (Lipinski definition) is 7.